The molecule has 0 aliphatic heterocycles. The number of nitrogens with zero attached hydrogens (tertiary/aromatic N) is 2. The van der Waals surface area contributed by atoms with Crippen molar-refractivity contribution < 1.29 is 4.79 Å². The molecule has 0 radical (unpaired) electrons. The number of rotatable bonds is 3. The van der Waals surface area contributed by atoms with E-state index in [1.54, 1.807) is 11.1 Å². The summed E-state index contributed by atoms with van der Waals surface area (Å²) in [5, 5.41) is 0. The topological polar surface area (TPSA) is 33.2 Å². The van der Waals surface area contributed by atoms with E-state index in [-0.39, 0.29) is 5.91 Å². The lowest BCUT2D eigenvalue weighted by Crippen LogP contribution is -2.28. The molecule has 2 rings (SSSR count). The first kappa shape index (κ1) is 14.3. The zero-order valence-electron chi connectivity index (χ0n) is 12.5. The quantitative estimate of drug-likeness (QED) is 0.856. The Balaban J connectivity index is 2.16. The van der Waals surface area contributed by atoms with E-state index in [4.69, 9.17) is 0 Å². The Kier molecular flexibility index (Phi) is 4.18. The van der Waals surface area contributed by atoms with Crippen LogP contribution in [0.15, 0.2) is 36.5 Å². The number of amides is 1. The lowest BCUT2D eigenvalue weighted by Gasteiger charge is -2.20. The van der Waals surface area contributed by atoms with Crippen LogP contribution in [-0.4, -0.2) is 17.9 Å². The second-order valence-electron chi connectivity index (χ2n) is 5.23. The number of anilines is 1. The Bertz CT molecular complexity index is 617. The first-order chi connectivity index (χ1) is 9.47. The molecule has 0 fully saturated rings. The van der Waals surface area contributed by atoms with E-state index in [0.29, 0.717) is 6.42 Å². The van der Waals surface area contributed by atoms with Crippen molar-refractivity contribution in [2.24, 2.45) is 0 Å². The summed E-state index contributed by atoms with van der Waals surface area (Å²) in [6, 6.07) is 10.0. The van der Waals surface area contributed by atoms with Crippen LogP contribution in [0, 0.1) is 20.8 Å². The summed E-state index contributed by atoms with van der Waals surface area (Å²) in [5.74, 6) is 0.0735. The average molecular weight is 268 g/mol. The number of benzene rings is 1. The molecule has 104 valence electrons. The van der Waals surface area contributed by atoms with Gasteiger partial charge in [-0.2, -0.15) is 0 Å². The number of aryl methyl sites for hydroxylation is 3. The summed E-state index contributed by atoms with van der Waals surface area (Å²) in [6.45, 7) is 5.99. The fourth-order valence-electron chi connectivity index (χ4n) is 2.11. The van der Waals surface area contributed by atoms with Gasteiger partial charge in [-0.05, 0) is 49.6 Å². The number of carbonyl (C=O) groups excluding carboxylic acids is 1. The molecule has 1 aromatic carbocycles. The molecule has 0 atom stereocenters. The van der Waals surface area contributed by atoms with Gasteiger partial charge in [-0.25, -0.2) is 0 Å². The zero-order valence-corrected chi connectivity index (χ0v) is 12.5. The third-order valence-electron chi connectivity index (χ3n) is 3.43. The predicted octanol–water partition coefficient (Wildman–Crippen LogP) is 3.21. The van der Waals surface area contributed by atoms with Crippen molar-refractivity contribution in [2.45, 2.75) is 27.2 Å². The van der Waals surface area contributed by atoms with Crippen LogP contribution in [0.4, 0.5) is 5.69 Å². The van der Waals surface area contributed by atoms with Crippen LogP contribution in [0.1, 0.15) is 22.4 Å². The van der Waals surface area contributed by atoms with Crippen LogP contribution >= 0.6 is 0 Å². The Hall–Kier alpha value is -2.16. The largest absolute Gasteiger partial charge is 0.315 e. The normalized spacial score (nSPS) is 10.4. The highest BCUT2D eigenvalue weighted by atomic mass is 16.2. The van der Waals surface area contributed by atoms with Gasteiger partial charge in [0.15, 0.2) is 0 Å². The lowest BCUT2D eigenvalue weighted by molar-refractivity contribution is -0.117. The maximum Gasteiger partial charge on any atom is 0.231 e. The monoisotopic (exact) mass is 268 g/mol. The third kappa shape index (κ3) is 3.23. The Morgan fingerprint density at radius 2 is 1.90 bits per heavy atom. The van der Waals surface area contributed by atoms with Gasteiger partial charge in [-0.1, -0.05) is 18.2 Å². The van der Waals surface area contributed by atoms with Gasteiger partial charge in [0.25, 0.3) is 0 Å². The molecule has 0 spiro atoms. The van der Waals surface area contributed by atoms with Crippen molar-refractivity contribution >= 4 is 11.6 Å². The fourth-order valence-corrected chi connectivity index (χ4v) is 2.11. The number of hydrogen-bond acceptors (Lipinski definition) is 2. The molecule has 2 aromatic rings. The molecule has 3 nitrogen and oxygen atoms in total. The number of aromatic nitrogens is 1. The van der Waals surface area contributed by atoms with Gasteiger partial charge in [0.05, 0.1) is 6.42 Å². The van der Waals surface area contributed by atoms with Crippen molar-refractivity contribution in [3.8, 4) is 0 Å². The number of hydrogen-bond donors (Lipinski definition) is 0. The van der Waals surface area contributed by atoms with Crippen LogP contribution in [0.3, 0.4) is 0 Å². The summed E-state index contributed by atoms with van der Waals surface area (Å²) in [4.78, 5) is 18.3. The smallest absolute Gasteiger partial charge is 0.231 e. The zero-order chi connectivity index (χ0) is 14.7. The number of pyridine rings is 1. The molecule has 20 heavy (non-hydrogen) atoms. The Morgan fingerprint density at radius 1 is 1.15 bits per heavy atom. The van der Waals surface area contributed by atoms with E-state index in [1.807, 2.05) is 52.1 Å². The maximum absolute atomic E-state index is 12.4. The van der Waals surface area contributed by atoms with Crippen molar-refractivity contribution in [3.05, 3.63) is 58.9 Å². The van der Waals surface area contributed by atoms with Crippen LogP contribution < -0.4 is 4.90 Å². The Labute approximate surface area is 120 Å². The molecule has 0 aliphatic rings. The molecule has 1 amide bonds. The van der Waals surface area contributed by atoms with E-state index >= 15 is 0 Å². The van der Waals surface area contributed by atoms with Gasteiger partial charge in [-0.3, -0.25) is 9.78 Å². The van der Waals surface area contributed by atoms with E-state index in [2.05, 4.69) is 11.1 Å². The highest BCUT2D eigenvalue weighted by Crippen LogP contribution is 2.21. The van der Waals surface area contributed by atoms with E-state index < -0.39 is 0 Å². The average Bonchev–Trinajstić information content (AvgIpc) is 2.43. The summed E-state index contributed by atoms with van der Waals surface area (Å²) in [5.41, 5.74) is 5.13. The maximum atomic E-state index is 12.4. The standard InChI is InChI=1S/C17H20N2O/c1-12-5-6-13(2)16(9-12)19(4)17(20)10-15-8-7-14(3)18-11-15/h5-9,11H,10H2,1-4H3. The molecular formula is C17H20N2O. The molecule has 1 aromatic heterocycles. The molecule has 0 unspecified atom stereocenters. The minimum Gasteiger partial charge on any atom is -0.315 e. The summed E-state index contributed by atoms with van der Waals surface area (Å²) < 4.78 is 0. The second kappa shape index (κ2) is 5.87. The fraction of sp³-hybridized carbons (Fsp3) is 0.294. The number of carbonyl (C=O) groups is 1. The van der Waals surface area contributed by atoms with Crippen molar-refractivity contribution in [1.29, 1.82) is 0 Å². The molecule has 0 aliphatic carbocycles. The van der Waals surface area contributed by atoms with E-state index in [1.165, 1.54) is 0 Å². The molecule has 1 heterocycles. The Morgan fingerprint density at radius 3 is 2.55 bits per heavy atom. The summed E-state index contributed by atoms with van der Waals surface area (Å²) in [7, 11) is 1.83. The number of likely N-dealkylation sites (N-methyl/N-ethyl adjacent to an activating group) is 1. The molecule has 0 saturated carbocycles. The lowest BCUT2D eigenvalue weighted by atomic mass is 10.1. The van der Waals surface area contributed by atoms with Gasteiger partial charge < -0.3 is 4.90 Å². The second-order valence-corrected chi connectivity index (χ2v) is 5.23. The molecule has 0 N–H and O–H groups in total. The predicted molar refractivity (Wildman–Crippen MR) is 82.0 cm³/mol. The third-order valence-corrected chi connectivity index (χ3v) is 3.43. The van der Waals surface area contributed by atoms with Crippen LogP contribution in [0.25, 0.3) is 0 Å². The van der Waals surface area contributed by atoms with Crippen molar-refractivity contribution in [2.75, 3.05) is 11.9 Å². The molecule has 0 saturated heterocycles. The van der Waals surface area contributed by atoms with Crippen LogP contribution in [0.2, 0.25) is 0 Å². The minimum absolute atomic E-state index is 0.0735. The molecule has 3 heteroatoms. The molecule has 0 bridgehead atoms. The van der Waals surface area contributed by atoms with Gasteiger partial charge in [0.1, 0.15) is 0 Å². The van der Waals surface area contributed by atoms with Gasteiger partial charge >= 0.3 is 0 Å². The highest BCUT2D eigenvalue weighted by Gasteiger charge is 2.13. The highest BCUT2D eigenvalue weighted by molar-refractivity contribution is 5.95. The van der Waals surface area contributed by atoms with Crippen LogP contribution in [-0.2, 0) is 11.2 Å². The summed E-state index contributed by atoms with van der Waals surface area (Å²) in [6.07, 6.45) is 2.14. The van der Waals surface area contributed by atoms with Crippen molar-refractivity contribution in [1.82, 2.24) is 4.98 Å². The summed E-state index contributed by atoms with van der Waals surface area (Å²) >= 11 is 0. The van der Waals surface area contributed by atoms with Gasteiger partial charge in [0.2, 0.25) is 5.91 Å². The van der Waals surface area contributed by atoms with Crippen LogP contribution in [0.5, 0.6) is 0 Å². The minimum atomic E-state index is 0.0735. The van der Waals surface area contributed by atoms with Crippen molar-refractivity contribution in [3.63, 3.8) is 0 Å². The van der Waals surface area contributed by atoms with E-state index in [0.717, 1.165) is 28.1 Å². The van der Waals surface area contributed by atoms with Gasteiger partial charge in [0, 0.05) is 24.6 Å². The van der Waals surface area contributed by atoms with Gasteiger partial charge in [-0.15, -0.1) is 0 Å². The first-order valence-electron chi connectivity index (χ1n) is 6.72. The van der Waals surface area contributed by atoms with E-state index in [9.17, 15) is 4.79 Å². The molecular weight excluding hydrogens is 248 g/mol. The first-order valence-corrected chi connectivity index (χ1v) is 6.72. The SMILES string of the molecule is Cc1ccc(C)c(N(C)C(=O)Cc2ccc(C)nc2)c1.